The quantitative estimate of drug-likeness (QED) is 0.0386. The van der Waals surface area contributed by atoms with Crippen LogP contribution < -0.4 is 16.4 Å². The SMILES string of the molecule is C=C(CC(C)(C)C)N1CC(C)CC1C(C)c1ccc(C(S)=C(C)C)cc1.C=CCc1c(C2C=C(OC)C(CC)=CC2)cc(-c2ccccc2)nc1C1=CCCC=C1NC.C=O.CC.CC.CCCCCC(C)CCC.CN.CNC=O. The molecule has 1 fully saturated rings. The maximum absolute atomic E-state index is 9.06. The Hall–Kier alpha value is -5.38. The third-order valence-corrected chi connectivity index (χ3v) is 14.9. The van der Waals surface area contributed by atoms with Crippen LogP contribution in [0.1, 0.15) is 221 Å². The standard InChI is InChI=1S/C30H34N2O.C24H37NS.C10H22.C2H5NO.2C2H6.CH5N.CH2O/c1-5-12-24-26(23-18-17-21(6-2)29(19-23)33-4)20-28(22-13-8-7-9-14-22)32-30(24)25-15-10-11-16-27(25)31-3;1-16(2)23(26)21-11-9-20(10-12-21)19(5)22-13-17(3)15-25(22)18(4)14-24(6,7)8;1-4-6-7-9-10(3)8-5-2;1-3-2-4;4*1-2/h5,7-9,13-17,19-20,23,31H,1,6,10-12,18H2,2-4H3;9-12,17,19,22,26H,4,13-15H2,1-3,5-8H3;10H,4-9H2,1-3H3;2H,1H3,(H,3,4);2*1-2H3;2H2,1H3;1H2. The molecule has 2 aromatic carbocycles. The Morgan fingerprint density at radius 1 is 0.914 bits per heavy atom. The van der Waals surface area contributed by atoms with Crippen LogP contribution >= 0.6 is 12.6 Å². The van der Waals surface area contributed by atoms with Crippen LogP contribution in [0.5, 0.6) is 0 Å². The third-order valence-electron chi connectivity index (χ3n) is 14.2. The van der Waals surface area contributed by atoms with E-state index in [1.54, 1.807) is 14.2 Å². The number of thiol groups is 1. The molecule has 1 saturated heterocycles. The van der Waals surface area contributed by atoms with E-state index in [1.165, 1.54) is 96.7 Å². The van der Waals surface area contributed by atoms with Crippen molar-refractivity contribution in [2.24, 2.45) is 23.0 Å². The van der Waals surface area contributed by atoms with Gasteiger partial charge in [-0.1, -0.05) is 220 Å². The molecule has 1 aromatic heterocycles. The fourth-order valence-electron chi connectivity index (χ4n) is 10.3. The van der Waals surface area contributed by atoms with Crippen LogP contribution in [0.4, 0.5) is 0 Å². The number of unbranched alkanes of at least 4 members (excludes halogenated alkanes) is 2. The summed E-state index contributed by atoms with van der Waals surface area (Å²) >= 11 is 4.64. The topological polar surface area (TPSA) is 110 Å². The van der Waals surface area contributed by atoms with Gasteiger partial charge in [-0.25, -0.2) is 4.98 Å². The van der Waals surface area contributed by atoms with Crippen molar-refractivity contribution in [3.05, 3.63) is 160 Å². The fraction of sp³-hybridized carbons (Fsp3) is 0.542. The van der Waals surface area contributed by atoms with Gasteiger partial charge in [0.1, 0.15) is 12.5 Å². The average molecular weight is 1130 g/mol. The Labute approximate surface area is 503 Å². The highest BCUT2D eigenvalue weighted by Crippen LogP contribution is 2.41. The lowest BCUT2D eigenvalue weighted by atomic mass is 9.82. The number of allylic oxidation sites excluding steroid dienone is 9. The van der Waals surface area contributed by atoms with Crippen molar-refractivity contribution in [3.8, 4) is 11.3 Å². The number of amides is 1. The van der Waals surface area contributed by atoms with Crippen molar-refractivity contribution in [2.45, 2.75) is 205 Å². The Bertz CT molecular complexity index is 2350. The van der Waals surface area contributed by atoms with Crippen LogP contribution in [0.2, 0.25) is 0 Å². The highest BCUT2D eigenvalue weighted by Gasteiger charge is 2.35. The molecule has 0 radical (unpaired) electrons. The number of aromatic nitrogens is 1. The summed E-state index contributed by atoms with van der Waals surface area (Å²) in [5.41, 5.74) is 19.3. The molecule has 2 heterocycles. The lowest BCUT2D eigenvalue weighted by Crippen LogP contribution is -2.33. The molecule has 81 heavy (non-hydrogen) atoms. The first-order chi connectivity index (χ1) is 38.9. The molecule has 454 valence electrons. The number of hydrogen-bond acceptors (Lipinski definition) is 8. The molecule has 2 aliphatic carbocycles. The molecule has 0 bridgehead atoms. The zero-order valence-corrected chi connectivity index (χ0v) is 55.7. The lowest BCUT2D eigenvalue weighted by Gasteiger charge is -2.35. The second kappa shape index (κ2) is 45.2. The first-order valence-corrected chi connectivity index (χ1v) is 31.0. The van der Waals surface area contributed by atoms with E-state index in [0.717, 1.165) is 90.2 Å². The minimum atomic E-state index is 0.237. The van der Waals surface area contributed by atoms with Crippen LogP contribution in [0.3, 0.4) is 0 Å². The molecule has 4 N–H and O–H groups in total. The molecule has 5 atom stereocenters. The Kier molecular flexibility index (Phi) is 43.3. The van der Waals surface area contributed by atoms with Crippen molar-refractivity contribution >= 4 is 36.3 Å². The van der Waals surface area contributed by atoms with Crippen LogP contribution in [0.15, 0.2) is 133 Å². The van der Waals surface area contributed by atoms with Gasteiger partial charge in [0.2, 0.25) is 6.41 Å². The number of nitrogens with one attached hydrogen (secondary N) is 2. The van der Waals surface area contributed by atoms with Crippen LogP contribution in [-0.2, 0) is 20.7 Å². The van der Waals surface area contributed by atoms with Gasteiger partial charge in [0, 0.05) is 66.0 Å². The van der Waals surface area contributed by atoms with Crippen LogP contribution in [0, 0.1) is 17.3 Å². The summed E-state index contributed by atoms with van der Waals surface area (Å²) in [4.78, 5) is 26.0. The number of likely N-dealkylation sites (tertiary alicyclic amines) is 1. The van der Waals surface area contributed by atoms with Gasteiger partial charge in [-0.3, -0.25) is 4.79 Å². The summed E-state index contributed by atoms with van der Waals surface area (Å²) in [6, 6.07) is 22.3. The van der Waals surface area contributed by atoms with Gasteiger partial charge in [-0.15, -0.1) is 19.2 Å². The maximum Gasteiger partial charge on any atom is 0.206 e. The van der Waals surface area contributed by atoms with E-state index in [4.69, 9.17) is 19.3 Å². The second-order valence-corrected chi connectivity index (χ2v) is 22.4. The van der Waals surface area contributed by atoms with Gasteiger partial charge in [-0.2, -0.15) is 0 Å². The van der Waals surface area contributed by atoms with E-state index in [1.807, 2.05) is 47.6 Å². The normalized spacial score (nSPS) is 16.5. The number of carbonyl (C=O) groups excluding carboxylic acids is 2. The van der Waals surface area contributed by atoms with Crippen molar-refractivity contribution in [1.29, 1.82) is 0 Å². The number of nitrogens with two attached hydrogens (primary N) is 1. The minimum absolute atomic E-state index is 0.237. The smallest absolute Gasteiger partial charge is 0.206 e. The summed E-state index contributed by atoms with van der Waals surface area (Å²) in [6.07, 6.45) is 27.4. The monoisotopic (exact) mass is 1130 g/mol. The van der Waals surface area contributed by atoms with E-state index < -0.39 is 0 Å². The van der Waals surface area contributed by atoms with Crippen molar-refractivity contribution < 1.29 is 14.3 Å². The molecule has 1 aliphatic heterocycles. The molecule has 5 unspecified atom stereocenters. The Balaban J connectivity index is 0. The van der Waals surface area contributed by atoms with Gasteiger partial charge in [0.05, 0.1) is 18.5 Å². The minimum Gasteiger partial charge on any atom is -0.497 e. The number of ether oxygens (including phenoxy) is 1. The van der Waals surface area contributed by atoms with E-state index in [-0.39, 0.29) is 11.3 Å². The molecule has 6 rings (SSSR count). The predicted molar refractivity (Wildman–Crippen MR) is 362 cm³/mol. The molecule has 0 spiro atoms. The number of hydrogen-bond donors (Lipinski definition) is 4. The van der Waals surface area contributed by atoms with Crippen molar-refractivity contribution in [2.75, 3.05) is 34.8 Å². The zero-order valence-electron chi connectivity index (χ0n) is 54.8. The molecule has 9 heteroatoms. The highest BCUT2D eigenvalue weighted by atomic mass is 32.1. The van der Waals surface area contributed by atoms with E-state index in [2.05, 4.69) is 208 Å². The van der Waals surface area contributed by atoms with Crippen molar-refractivity contribution in [3.63, 3.8) is 0 Å². The first kappa shape index (κ1) is 77.7. The third kappa shape index (κ3) is 27.5. The number of nitrogens with zero attached hydrogens (tertiary/aromatic N) is 2. The van der Waals surface area contributed by atoms with Crippen LogP contribution in [-0.4, -0.2) is 63.9 Å². The summed E-state index contributed by atoms with van der Waals surface area (Å²) in [7, 11) is 6.82. The second-order valence-electron chi connectivity index (χ2n) is 21.9. The number of rotatable bonds is 20. The summed E-state index contributed by atoms with van der Waals surface area (Å²) in [5, 5.41) is 5.65. The first-order valence-electron chi connectivity index (χ1n) is 30.5. The molecule has 3 aliphatic rings. The molecule has 1 amide bonds. The molecule has 0 saturated carbocycles. The Morgan fingerprint density at radius 3 is 2.02 bits per heavy atom. The number of likely N-dealkylation sites (N-methyl/N-ethyl adjacent to an activating group) is 1. The predicted octanol–water partition coefficient (Wildman–Crippen LogP) is 19.1. The van der Waals surface area contributed by atoms with Crippen molar-refractivity contribution in [1.82, 2.24) is 20.5 Å². The number of benzene rings is 2. The molecular formula is C72H117N5O3S. The van der Waals surface area contributed by atoms with Gasteiger partial charge in [0.15, 0.2) is 0 Å². The number of methoxy groups -OCH3 is 1. The maximum atomic E-state index is 9.06. The highest BCUT2D eigenvalue weighted by molar-refractivity contribution is 7.90. The average Bonchev–Trinajstić information content (AvgIpc) is 3.93. The van der Waals surface area contributed by atoms with E-state index in [9.17, 15) is 0 Å². The van der Waals surface area contributed by atoms with Gasteiger partial charge in [-0.05, 0) is 123 Å². The number of pyridine rings is 1. The van der Waals surface area contributed by atoms with Gasteiger partial charge >= 0.3 is 0 Å². The Morgan fingerprint density at radius 2 is 1.52 bits per heavy atom. The lowest BCUT2D eigenvalue weighted by molar-refractivity contribution is -0.109. The zero-order chi connectivity index (χ0) is 62.1. The van der Waals surface area contributed by atoms with E-state index >= 15 is 0 Å². The summed E-state index contributed by atoms with van der Waals surface area (Å²) in [5.74, 6) is 3.43. The van der Waals surface area contributed by atoms with E-state index in [0.29, 0.717) is 18.4 Å². The van der Waals surface area contributed by atoms with Gasteiger partial charge in [0.25, 0.3) is 0 Å². The number of carbonyl (C=O) groups is 2. The molecule has 8 nitrogen and oxygen atoms in total. The van der Waals surface area contributed by atoms with Gasteiger partial charge < -0.3 is 30.8 Å². The summed E-state index contributed by atoms with van der Waals surface area (Å²) in [6.45, 7) is 44.6. The molecular weight excluding hydrogens is 1010 g/mol. The largest absolute Gasteiger partial charge is 0.497 e. The fourth-order valence-corrected chi connectivity index (χ4v) is 10.5. The molecule has 3 aromatic rings. The van der Waals surface area contributed by atoms with Crippen LogP contribution in [0.25, 0.3) is 21.7 Å². The summed E-state index contributed by atoms with van der Waals surface area (Å²) < 4.78 is 5.77.